The molecule has 4 rings (SSSR count). The molecule has 0 saturated carbocycles. The molecule has 4 nitrogen and oxygen atoms in total. The van der Waals surface area contributed by atoms with Crippen LogP contribution in [0.4, 0.5) is 18.9 Å². The van der Waals surface area contributed by atoms with Crippen LogP contribution in [0.25, 0.3) is 0 Å². The minimum atomic E-state index is -4.40. The first kappa shape index (κ1) is 19.9. The number of halogens is 3. The van der Waals surface area contributed by atoms with Gasteiger partial charge in [0.1, 0.15) is 0 Å². The standard InChI is InChI=1S/C21H21F3N2O2S/c22-21(23,24)16-3-4-17-14(12-16)2-1-9-26(17)20(28)6-5-19(27)25-10-7-18-15(13-25)8-11-29-18/h3-4,8,11-12H,1-2,5-7,9-10,13H2. The Morgan fingerprint density at radius 1 is 1.00 bits per heavy atom. The second-order valence-corrected chi connectivity index (χ2v) is 8.43. The lowest BCUT2D eigenvalue weighted by molar-refractivity contribution is -0.137. The molecule has 3 heterocycles. The van der Waals surface area contributed by atoms with Crippen molar-refractivity contribution in [2.45, 2.75) is 44.8 Å². The predicted molar refractivity (Wildman–Crippen MR) is 105 cm³/mol. The Kier molecular flexibility index (Phi) is 5.38. The molecule has 0 fully saturated rings. The van der Waals surface area contributed by atoms with Crippen LogP contribution < -0.4 is 4.90 Å². The summed E-state index contributed by atoms with van der Waals surface area (Å²) in [6, 6.07) is 5.55. The number of hydrogen-bond donors (Lipinski definition) is 0. The molecule has 0 saturated heterocycles. The van der Waals surface area contributed by atoms with Gasteiger partial charge in [-0.05, 0) is 60.0 Å². The average Bonchev–Trinajstić information content (AvgIpc) is 3.18. The van der Waals surface area contributed by atoms with Crippen LogP contribution in [-0.4, -0.2) is 29.8 Å². The van der Waals surface area contributed by atoms with Crippen molar-refractivity contribution in [3.8, 4) is 0 Å². The van der Waals surface area contributed by atoms with Gasteiger partial charge in [-0.3, -0.25) is 9.59 Å². The number of carbonyl (C=O) groups is 2. The molecule has 0 atom stereocenters. The van der Waals surface area contributed by atoms with Gasteiger partial charge in [-0.25, -0.2) is 0 Å². The van der Waals surface area contributed by atoms with Crippen LogP contribution >= 0.6 is 11.3 Å². The van der Waals surface area contributed by atoms with E-state index in [-0.39, 0.29) is 24.7 Å². The van der Waals surface area contributed by atoms with Gasteiger partial charge in [-0.15, -0.1) is 11.3 Å². The summed E-state index contributed by atoms with van der Waals surface area (Å²) in [5.74, 6) is -0.271. The highest BCUT2D eigenvalue weighted by molar-refractivity contribution is 7.10. The van der Waals surface area contributed by atoms with Crippen LogP contribution in [-0.2, 0) is 35.2 Å². The van der Waals surface area contributed by atoms with E-state index in [9.17, 15) is 22.8 Å². The Morgan fingerprint density at radius 3 is 2.59 bits per heavy atom. The molecule has 0 bridgehead atoms. The molecule has 8 heteroatoms. The normalized spacial score (nSPS) is 16.4. The summed E-state index contributed by atoms with van der Waals surface area (Å²) in [5, 5.41) is 2.03. The molecule has 0 aliphatic carbocycles. The van der Waals surface area contributed by atoms with Crippen molar-refractivity contribution in [1.29, 1.82) is 0 Å². The molecular formula is C21H21F3N2O2S. The fourth-order valence-electron chi connectivity index (χ4n) is 4.00. The smallest absolute Gasteiger partial charge is 0.338 e. The topological polar surface area (TPSA) is 40.6 Å². The van der Waals surface area contributed by atoms with Crippen LogP contribution in [0.3, 0.4) is 0 Å². The molecule has 0 unspecified atom stereocenters. The molecule has 1 aromatic carbocycles. The third-order valence-corrected chi connectivity index (χ3v) is 6.56. The number of rotatable bonds is 3. The summed E-state index contributed by atoms with van der Waals surface area (Å²) in [5.41, 5.74) is 1.54. The van der Waals surface area contributed by atoms with Gasteiger partial charge in [0.2, 0.25) is 11.8 Å². The van der Waals surface area contributed by atoms with Crippen molar-refractivity contribution < 1.29 is 22.8 Å². The Balaban J connectivity index is 1.39. The quantitative estimate of drug-likeness (QED) is 0.735. The molecular weight excluding hydrogens is 401 g/mol. The summed E-state index contributed by atoms with van der Waals surface area (Å²) in [6.45, 7) is 1.71. The van der Waals surface area contributed by atoms with Gasteiger partial charge in [0.05, 0.1) is 5.56 Å². The molecule has 29 heavy (non-hydrogen) atoms. The van der Waals surface area contributed by atoms with E-state index in [0.29, 0.717) is 43.7 Å². The van der Waals surface area contributed by atoms with E-state index < -0.39 is 11.7 Å². The third-order valence-electron chi connectivity index (χ3n) is 5.54. The van der Waals surface area contributed by atoms with Gasteiger partial charge in [0.25, 0.3) is 0 Å². The van der Waals surface area contributed by atoms with Crippen molar-refractivity contribution in [2.75, 3.05) is 18.0 Å². The zero-order valence-corrected chi connectivity index (χ0v) is 16.6. The van der Waals surface area contributed by atoms with E-state index in [1.165, 1.54) is 21.4 Å². The van der Waals surface area contributed by atoms with Gasteiger partial charge in [0, 0.05) is 43.0 Å². The van der Waals surface area contributed by atoms with Gasteiger partial charge in [-0.2, -0.15) is 13.2 Å². The van der Waals surface area contributed by atoms with Crippen LogP contribution in [0.2, 0.25) is 0 Å². The third kappa shape index (κ3) is 4.17. The van der Waals surface area contributed by atoms with Crippen molar-refractivity contribution >= 4 is 28.8 Å². The Labute approximate surface area is 170 Å². The molecule has 1 aromatic heterocycles. The van der Waals surface area contributed by atoms with Gasteiger partial charge >= 0.3 is 6.18 Å². The SMILES string of the molecule is O=C(CCC(=O)N1CCCc2cc(C(F)(F)F)ccc21)N1CCc2sccc2C1. The Bertz CT molecular complexity index is 938. The number of carbonyl (C=O) groups excluding carboxylic acids is 2. The predicted octanol–water partition coefficient (Wildman–Crippen LogP) is 4.41. The largest absolute Gasteiger partial charge is 0.416 e. The highest BCUT2D eigenvalue weighted by Gasteiger charge is 2.33. The Hall–Kier alpha value is -2.35. The average molecular weight is 422 g/mol. The summed E-state index contributed by atoms with van der Waals surface area (Å²) in [6.07, 6.45) is -2.25. The minimum Gasteiger partial charge on any atom is -0.338 e. The molecule has 0 N–H and O–H groups in total. The van der Waals surface area contributed by atoms with Crippen molar-refractivity contribution in [3.05, 3.63) is 51.2 Å². The van der Waals surface area contributed by atoms with E-state index >= 15 is 0 Å². The molecule has 2 amide bonds. The van der Waals surface area contributed by atoms with Crippen LogP contribution in [0.5, 0.6) is 0 Å². The zero-order chi connectivity index (χ0) is 20.6. The number of aryl methyl sites for hydroxylation is 1. The number of fused-ring (bicyclic) bond motifs is 2. The first-order chi connectivity index (χ1) is 13.8. The molecule has 2 aliphatic heterocycles. The zero-order valence-electron chi connectivity index (χ0n) is 15.8. The monoisotopic (exact) mass is 422 g/mol. The molecule has 0 radical (unpaired) electrons. The van der Waals surface area contributed by atoms with E-state index in [0.717, 1.165) is 18.6 Å². The van der Waals surface area contributed by atoms with Crippen molar-refractivity contribution in [1.82, 2.24) is 4.90 Å². The van der Waals surface area contributed by atoms with Gasteiger partial charge < -0.3 is 9.80 Å². The number of thiophene rings is 1. The second-order valence-electron chi connectivity index (χ2n) is 7.42. The highest BCUT2D eigenvalue weighted by Crippen LogP contribution is 2.35. The molecule has 2 aliphatic rings. The maximum absolute atomic E-state index is 12.9. The van der Waals surface area contributed by atoms with E-state index in [4.69, 9.17) is 0 Å². The Morgan fingerprint density at radius 2 is 1.79 bits per heavy atom. The summed E-state index contributed by atoms with van der Waals surface area (Å²) in [4.78, 5) is 29.9. The van der Waals surface area contributed by atoms with E-state index in [2.05, 4.69) is 0 Å². The highest BCUT2D eigenvalue weighted by atomic mass is 32.1. The van der Waals surface area contributed by atoms with Crippen molar-refractivity contribution in [3.63, 3.8) is 0 Å². The molecule has 154 valence electrons. The maximum Gasteiger partial charge on any atom is 0.416 e. The van der Waals surface area contributed by atoms with Gasteiger partial charge in [0.15, 0.2) is 0 Å². The first-order valence-electron chi connectivity index (χ1n) is 9.66. The number of alkyl halides is 3. The van der Waals surface area contributed by atoms with Crippen LogP contribution in [0.1, 0.15) is 40.8 Å². The lowest BCUT2D eigenvalue weighted by atomic mass is 9.98. The summed E-state index contributed by atoms with van der Waals surface area (Å²) < 4.78 is 38.8. The van der Waals surface area contributed by atoms with Crippen molar-refractivity contribution in [2.24, 2.45) is 0 Å². The number of anilines is 1. The van der Waals surface area contributed by atoms with Crippen LogP contribution in [0.15, 0.2) is 29.6 Å². The fraction of sp³-hybridized carbons (Fsp3) is 0.429. The van der Waals surface area contributed by atoms with Gasteiger partial charge in [-0.1, -0.05) is 0 Å². The molecule has 2 aromatic rings. The number of amides is 2. The first-order valence-corrected chi connectivity index (χ1v) is 10.5. The van der Waals surface area contributed by atoms with E-state index in [1.54, 1.807) is 16.2 Å². The lowest BCUT2D eigenvalue weighted by Crippen LogP contribution is -2.38. The van der Waals surface area contributed by atoms with E-state index in [1.807, 2.05) is 11.4 Å². The number of hydrogen-bond acceptors (Lipinski definition) is 3. The maximum atomic E-state index is 12.9. The minimum absolute atomic E-state index is 0.0557. The summed E-state index contributed by atoms with van der Waals surface area (Å²) >= 11 is 1.70. The van der Waals surface area contributed by atoms with Crippen LogP contribution in [0, 0.1) is 0 Å². The lowest BCUT2D eigenvalue weighted by Gasteiger charge is -2.31. The second kappa shape index (κ2) is 7.82. The fourth-order valence-corrected chi connectivity index (χ4v) is 4.89. The molecule has 0 spiro atoms. The number of benzene rings is 1. The summed E-state index contributed by atoms with van der Waals surface area (Å²) in [7, 11) is 0. The number of nitrogens with zero attached hydrogens (tertiary/aromatic N) is 2.